The zero-order chi connectivity index (χ0) is 12.7. The van der Waals surface area contributed by atoms with Crippen molar-refractivity contribution >= 4 is 5.78 Å². The van der Waals surface area contributed by atoms with Gasteiger partial charge in [0, 0.05) is 17.2 Å². The summed E-state index contributed by atoms with van der Waals surface area (Å²) in [6.45, 7) is 0.0509. The normalized spacial score (nSPS) is 13.3. The van der Waals surface area contributed by atoms with E-state index < -0.39 is 11.6 Å². The van der Waals surface area contributed by atoms with Gasteiger partial charge in [0.05, 0.1) is 5.56 Å². The molecule has 0 amide bonds. The maximum atomic E-state index is 13.1. The summed E-state index contributed by atoms with van der Waals surface area (Å²) in [6, 6.07) is 7.66. The Morgan fingerprint density at radius 3 is 2.39 bits per heavy atom. The Hall–Kier alpha value is -2.23. The van der Waals surface area contributed by atoms with Crippen LogP contribution in [-0.2, 0) is 6.61 Å². The van der Waals surface area contributed by atoms with Crippen LogP contribution in [0.4, 0.5) is 8.78 Å². The molecule has 3 rings (SSSR count). The molecule has 0 aliphatic carbocycles. The minimum Gasteiger partial charge on any atom is -0.488 e. The Balaban J connectivity index is 2.18. The van der Waals surface area contributed by atoms with E-state index in [0.717, 1.165) is 6.07 Å². The highest BCUT2D eigenvalue weighted by molar-refractivity contribution is 6.11. The van der Waals surface area contributed by atoms with Crippen LogP contribution in [0.3, 0.4) is 0 Å². The van der Waals surface area contributed by atoms with E-state index in [0.29, 0.717) is 16.7 Å². The third-order valence-electron chi connectivity index (χ3n) is 2.88. The third kappa shape index (κ3) is 1.66. The number of hydrogen-bond donors (Lipinski definition) is 0. The lowest BCUT2D eigenvalue weighted by atomic mass is 9.99. The van der Waals surface area contributed by atoms with E-state index in [-0.39, 0.29) is 18.1 Å². The quantitative estimate of drug-likeness (QED) is 0.714. The van der Waals surface area contributed by atoms with Crippen molar-refractivity contribution in [3.63, 3.8) is 0 Å². The molecule has 0 saturated heterocycles. The number of rotatable bonds is 0. The van der Waals surface area contributed by atoms with Crippen LogP contribution < -0.4 is 4.74 Å². The fraction of sp³-hybridized carbons (Fsp3) is 0.0714. The van der Waals surface area contributed by atoms with Crippen molar-refractivity contribution in [2.75, 3.05) is 0 Å². The summed E-state index contributed by atoms with van der Waals surface area (Å²) in [5, 5.41) is 0. The first-order chi connectivity index (χ1) is 8.65. The van der Waals surface area contributed by atoms with Gasteiger partial charge in [0.1, 0.15) is 24.0 Å². The van der Waals surface area contributed by atoms with E-state index >= 15 is 0 Å². The maximum Gasteiger partial charge on any atom is 0.197 e. The Kier molecular flexibility index (Phi) is 2.37. The number of ketones is 1. The minimum atomic E-state index is -0.473. The SMILES string of the molecule is O=C1c2ccc(F)cc2COc2cc(F)ccc21. The molecule has 0 spiro atoms. The molecule has 1 aliphatic rings. The van der Waals surface area contributed by atoms with E-state index in [1.165, 1.54) is 30.3 Å². The fourth-order valence-electron chi connectivity index (χ4n) is 2.01. The number of carbonyl (C=O) groups is 1. The molecule has 0 atom stereocenters. The van der Waals surface area contributed by atoms with Crippen molar-refractivity contribution in [3.05, 3.63) is 64.7 Å². The smallest absolute Gasteiger partial charge is 0.197 e. The van der Waals surface area contributed by atoms with Gasteiger partial charge in [-0.15, -0.1) is 0 Å². The molecule has 0 aromatic heterocycles. The second-order valence-corrected chi connectivity index (χ2v) is 4.06. The van der Waals surface area contributed by atoms with E-state index in [1.54, 1.807) is 0 Å². The van der Waals surface area contributed by atoms with Gasteiger partial charge in [-0.1, -0.05) is 0 Å². The Morgan fingerprint density at radius 1 is 0.944 bits per heavy atom. The van der Waals surface area contributed by atoms with Gasteiger partial charge in [-0.05, 0) is 30.3 Å². The average Bonchev–Trinajstić information content (AvgIpc) is 2.47. The van der Waals surface area contributed by atoms with E-state index in [9.17, 15) is 13.6 Å². The zero-order valence-corrected chi connectivity index (χ0v) is 9.24. The van der Waals surface area contributed by atoms with Crippen LogP contribution in [0.5, 0.6) is 5.75 Å². The van der Waals surface area contributed by atoms with Gasteiger partial charge >= 0.3 is 0 Å². The van der Waals surface area contributed by atoms with Crippen molar-refractivity contribution in [2.24, 2.45) is 0 Å². The average molecular weight is 246 g/mol. The molecule has 1 aliphatic heterocycles. The van der Waals surface area contributed by atoms with Crippen LogP contribution >= 0.6 is 0 Å². The third-order valence-corrected chi connectivity index (χ3v) is 2.88. The number of carbonyl (C=O) groups excluding carboxylic acids is 1. The van der Waals surface area contributed by atoms with Crippen molar-refractivity contribution < 1.29 is 18.3 Å². The first-order valence-electron chi connectivity index (χ1n) is 5.40. The highest BCUT2D eigenvalue weighted by Crippen LogP contribution is 2.29. The molecule has 0 fully saturated rings. The van der Waals surface area contributed by atoms with Crippen LogP contribution in [0.2, 0.25) is 0 Å². The number of halogens is 2. The molecule has 90 valence electrons. The molecule has 18 heavy (non-hydrogen) atoms. The molecular weight excluding hydrogens is 238 g/mol. The van der Waals surface area contributed by atoms with E-state index in [1.807, 2.05) is 0 Å². The summed E-state index contributed by atoms with van der Waals surface area (Å²) in [7, 11) is 0. The van der Waals surface area contributed by atoms with Gasteiger partial charge in [0.2, 0.25) is 0 Å². The van der Waals surface area contributed by atoms with Crippen molar-refractivity contribution in [3.8, 4) is 5.75 Å². The molecule has 0 unspecified atom stereocenters. The largest absolute Gasteiger partial charge is 0.488 e. The molecule has 2 aromatic carbocycles. The lowest BCUT2D eigenvalue weighted by molar-refractivity contribution is 0.103. The lowest BCUT2D eigenvalue weighted by Crippen LogP contribution is -2.03. The van der Waals surface area contributed by atoms with Gasteiger partial charge in [-0.2, -0.15) is 0 Å². The van der Waals surface area contributed by atoms with Crippen LogP contribution in [0, 0.1) is 11.6 Å². The number of fused-ring (bicyclic) bond motifs is 2. The predicted molar refractivity (Wildman–Crippen MR) is 60.6 cm³/mol. The minimum absolute atomic E-state index is 0.0509. The molecule has 0 bridgehead atoms. The van der Waals surface area contributed by atoms with Gasteiger partial charge < -0.3 is 4.74 Å². The monoisotopic (exact) mass is 246 g/mol. The highest BCUT2D eigenvalue weighted by Gasteiger charge is 2.22. The second kappa shape index (κ2) is 3.91. The standard InChI is InChI=1S/C14H8F2O2/c15-9-1-3-11-8(5-9)7-18-13-6-10(16)2-4-12(13)14(11)17/h1-6H,7H2. The predicted octanol–water partition coefficient (Wildman–Crippen LogP) is 3.09. The van der Waals surface area contributed by atoms with Crippen molar-refractivity contribution in [1.29, 1.82) is 0 Å². The number of hydrogen-bond acceptors (Lipinski definition) is 2. The van der Waals surface area contributed by atoms with Crippen LogP contribution in [0.25, 0.3) is 0 Å². The Labute approximate surface area is 102 Å². The molecule has 2 aromatic rings. The van der Waals surface area contributed by atoms with Crippen molar-refractivity contribution in [2.45, 2.75) is 6.61 Å². The second-order valence-electron chi connectivity index (χ2n) is 4.06. The van der Waals surface area contributed by atoms with Crippen LogP contribution in [0.15, 0.2) is 36.4 Å². The van der Waals surface area contributed by atoms with E-state index in [4.69, 9.17) is 4.74 Å². The Bertz CT molecular complexity index is 595. The number of ether oxygens (including phenoxy) is 1. The maximum absolute atomic E-state index is 13.1. The first-order valence-corrected chi connectivity index (χ1v) is 5.40. The summed E-state index contributed by atoms with van der Waals surface area (Å²) >= 11 is 0. The van der Waals surface area contributed by atoms with Crippen molar-refractivity contribution in [1.82, 2.24) is 0 Å². The summed E-state index contributed by atoms with van der Waals surface area (Å²) in [6.07, 6.45) is 0. The van der Waals surface area contributed by atoms with Gasteiger partial charge in [-0.3, -0.25) is 4.79 Å². The first kappa shape index (κ1) is 10.9. The molecular formula is C14H8F2O2. The molecule has 4 heteroatoms. The van der Waals surface area contributed by atoms with Gasteiger partial charge in [-0.25, -0.2) is 8.78 Å². The topological polar surface area (TPSA) is 26.3 Å². The lowest BCUT2D eigenvalue weighted by Gasteiger charge is -2.05. The van der Waals surface area contributed by atoms with Gasteiger partial charge in [0.25, 0.3) is 0 Å². The highest BCUT2D eigenvalue weighted by atomic mass is 19.1. The molecule has 0 radical (unpaired) electrons. The molecule has 2 nitrogen and oxygen atoms in total. The summed E-state index contributed by atoms with van der Waals surface area (Å²) in [5.74, 6) is -0.991. The zero-order valence-electron chi connectivity index (χ0n) is 9.24. The number of benzene rings is 2. The van der Waals surface area contributed by atoms with Crippen LogP contribution in [0.1, 0.15) is 21.5 Å². The van der Waals surface area contributed by atoms with E-state index in [2.05, 4.69) is 0 Å². The molecule has 0 N–H and O–H groups in total. The Morgan fingerprint density at radius 2 is 1.61 bits per heavy atom. The molecule has 0 saturated carbocycles. The molecule has 1 heterocycles. The van der Waals surface area contributed by atoms with Crippen LogP contribution in [-0.4, -0.2) is 5.78 Å². The summed E-state index contributed by atoms with van der Waals surface area (Å²) in [4.78, 5) is 12.2. The summed E-state index contributed by atoms with van der Waals surface area (Å²) in [5.41, 5.74) is 1.15. The summed E-state index contributed by atoms with van der Waals surface area (Å²) < 4.78 is 31.6. The van der Waals surface area contributed by atoms with Gasteiger partial charge in [0.15, 0.2) is 5.78 Å². The fourth-order valence-corrected chi connectivity index (χ4v) is 2.01.